The molecule has 2 aliphatic rings. The molecule has 0 radical (unpaired) electrons. The van der Waals surface area contributed by atoms with Gasteiger partial charge in [-0.05, 0) is 44.4 Å². The molecule has 2 fully saturated rings. The number of carbonyl (C=O) groups is 1. The molecule has 1 aromatic heterocycles. The average molecular weight is 261 g/mol. The van der Waals surface area contributed by atoms with E-state index in [2.05, 4.69) is 30.7 Å². The number of amides is 1. The first-order chi connectivity index (χ1) is 8.83. The molecule has 1 saturated heterocycles. The molecule has 1 aromatic rings. The molecule has 1 amide bonds. The molecular formula is C15H23N3O. The maximum absolute atomic E-state index is 12.8. The molecule has 1 saturated carbocycles. The normalized spacial score (nSPS) is 32.6. The van der Waals surface area contributed by atoms with Gasteiger partial charge < -0.3 is 9.47 Å². The van der Waals surface area contributed by atoms with Gasteiger partial charge in [-0.15, -0.1) is 0 Å². The SMILES string of the molecule is Cn1cncc1C(=O)N1C[C@]2(C)CC[C@@H](C2)C1(C)C. The molecule has 0 aromatic carbocycles. The van der Waals surface area contributed by atoms with Crippen molar-refractivity contribution in [1.29, 1.82) is 0 Å². The Morgan fingerprint density at radius 1 is 1.42 bits per heavy atom. The predicted octanol–water partition coefficient (Wildman–Crippen LogP) is 2.46. The number of imidazole rings is 1. The van der Waals surface area contributed by atoms with E-state index in [1.54, 1.807) is 12.5 Å². The summed E-state index contributed by atoms with van der Waals surface area (Å²) in [6.45, 7) is 7.64. The van der Waals surface area contributed by atoms with Crippen molar-refractivity contribution in [3.63, 3.8) is 0 Å². The van der Waals surface area contributed by atoms with Gasteiger partial charge in [0, 0.05) is 19.1 Å². The zero-order valence-corrected chi connectivity index (χ0v) is 12.3. The molecule has 19 heavy (non-hydrogen) atoms. The Hall–Kier alpha value is -1.32. The topological polar surface area (TPSA) is 38.1 Å². The molecule has 4 nitrogen and oxygen atoms in total. The standard InChI is InChI=1S/C15H23N3O/c1-14(2)11-5-6-15(3,7-11)9-18(14)13(19)12-8-16-10-17(12)4/h8,10-11H,5-7,9H2,1-4H3/t11-,15+/m0/s1. The van der Waals surface area contributed by atoms with E-state index in [1.165, 1.54) is 19.3 Å². The van der Waals surface area contributed by atoms with Crippen LogP contribution in [0.25, 0.3) is 0 Å². The molecule has 0 unspecified atom stereocenters. The zero-order chi connectivity index (χ0) is 13.8. The van der Waals surface area contributed by atoms with Crippen molar-refractivity contribution in [3.05, 3.63) is 18.2 Å². The number of hydrogen-bond donors (Lipinski definition) is 0. The second kappa shape index (κ2) is 3.84. The quantitative estimate of drug-likeness (QED) is 0.779. The monoisotopic (exact) mass is 261 g/mol. The van der Waals surface area contributed by atoms with Crippen LogP contribution in [0.3, 0.4) is 0 Å². The molecule has 4 heteroatoms. The van der Waals surface area contributed by atoms with Crippen LogP contribution in [0, 0.1) is 11.3 Å². The van der Waals surface area contributed by atoms with E-state index in [1.807, 2.05) is 11.6 Å². The fourth-order valence-electron chi connectivity index (χ4n) is 3.91. The fourth-order valence-corrected chi connectivity index (χ4v) is 3.91. The lowest BCUT2D eigenvalue weighted by Crippen LogP contribution is -2.58. The van der Waals surface area contributed by atoms with Crippen LogP contribution in [0.2, 0.25) is 0 Å². The lowest BCUT2D eigenvalue weighted by atomic mass is 9.75. The summed E-state index contributed by atoms with van der Waals surface area (Å²) in [5, 5.41) is 0. The molecular weight excluding hydrogens is 238 g/mol. The number of piperidine rings is 1. The highest BCUT2D eigenvalue weighted by molar-refractivity contribution is 5.93. The minimum Gasteiger partial charge on any atom is -0.331 e. The third-order valence-corrected chi connectivity index (χ3v) is 5.35. The zero-order valence-electron chi connectivity index (χ0n) is 12.3. The smallest absolute Gasteiger partial charge is 0.272 e. The first-order valence-corrected chi connectivity index (χ1v) is 7.12. The summed E-state index contributed by atoms with van der Waals surface area (Å²) in [7, 11) is 1.88. The second-order valence-electron chi connectivity index (χ2n) is 7.19. The lowest BCUT2D eigenvalue weighted by Gasteiger charge is -2.50. The number of rotatable bonds is 1. The highest BCUT2D eigenvalue weighted by Crippen LogP contribution is 2.53. The van der Waals surface area contributed by atoms with Crippen LogP contribution < -0.4 is 0 Å². The Morgan fingerprint density at radius 3 is 2.79 bits per heavy atom. The Morgan fingerprint density at radius 2 is 2.16 bits per heavy atom. The van der Waals surface area contributed by atoms with Gasteiger partial charge in [0.05, 0.1) is 12.5 Å². The van der Waals surface area contributed by atoms with Gasteiger partial charge in [-0.1, -0.05) is 6.92 Å². The van der Waals surface area contributed by atoms with E-state index in [4.69, 9.17) is 0 Å². The Balaban J connectivity index is 1.95. The molecule has 0 N–H and O–H groups in total. The van der Waals surface area contributed by atoms with Gasteiger partial charge in [-0.2, -0.15) is 0 Å². The summed E-state index contributed by atoms with van der Waals surface area (Å²) in [5.41, 5.74) is 0.962. The fraction of sp³-hybridized carbons (Fsp3) is 0.733. The maximum Gasteiger partial charge on any atom is 0.272 e. The summed E-state index contributed by atoms with van der Waals surface area (Å²) >= 11 is 0. The van der Waals surface area contributed by atoms with Gasteiger partial charge in [0.15, 0.2) is 0 Å². The van der Waals surface area contributed by atoms with E-state index >= 15 is 0 Å². The van der Waals surface area contributed by atoms with Gasteiger partial charge >= 0.3 is 0 Å². The maximum atomic E-state index is 12.8. The molecule has 104 valence electrons. The first-order valence-electron chi connectivity index (χ1n) is 7.12. The third kappa shape index (κ3) is 1.80. The highest BCUT2D eigenvalue weighted by Gasteiger charge is 2.52. The summed E-state index contributed by atoms with van der Waals surface area (Å²) < 4.78 is 1.82. The lowest BCUT2D eigenvalue weighted by molar-refractivity contribution is 0.000110. The molecule has 3 rings (SSSR count). The van der Waals surface area contributed by atoms with E-state index in [0.717, 1.165) is 6.54 Å². The molecule has 1 aliphatic heterocycles. The Bertz CT molecular complexity index is 519. The molecule has 2 atom stereocenters. The average Bonchev–Trinajstić information content (AvgIpc) is 2.90. The molecule has 2 bridgehead atoms. The third-order valence-electron chi connectivity index (χ3n) is 5.35. The first kappa shape index (κ1) is 12.7. The van der Waals surface area contributed by atoms with Crippen molar-refractivity contribution in [2.45, 2.75) is 45.6 Å². The van der Waals surface area contributed by atoms with Crippen molar-refractivity contribution < 1.29 is 4.79 Å². The second-order valence-corrected chi connectivity index (χ2v) is 7.19. The molecule has 2 heterocycles. The van der Waals surface area contributed by atoms with Gasteiger partial charge in [-0.25, -0.2) is 4.98 Å². The van der Waals surface area contributed by atoms with Crippen molar-refractivity contribution >= 4 is 5.91 Å². The van der Waals surface area contributed by atoms with Gasteiger partial charge in [0.2, 0.25) is 0 Å². The minimum absolute atomic E-state index is 0.0443. The number of aryl methyl sites for hydroxylation is 1. The van der Waals surface area contributed by atoms with E-state index in [-0.39, 0.29) is 11.4 Å². The van der Waals surface area contributed by atoms with Gasteiger partial charge in [0.1, 0.15) is 5.69 Å². The van der Waals surface area contributed by atoms with Crippen molar-refractivity contribution in [3.8, 4) is 0 Å². The van der Waals surface area contributed by atoms with Gasteiger partial charge in [-0.3, -0.25) is 4.79 Å². The van der Waals surface area contributed by atoms with E-state index < -0.39 is 0 Å². The number of likely N-dealkylation sites (tertiary alicyclic amines) is 1. The predicted molar refractivity (Wildman–Crippen MR) is 73.8 cm³/mol. The van der Waals surface area contributed by atoms with Crippen LogP contribution in [0.15, 0.2) is 12.5 Å². The summed E-state index contributed by atoms with van der Waals surface area (Å²) in [5.74, 6) is 0.756. The minimum atomic E-state index is -0.0443. The van der Waals surface area contributed by atoms with Crippen LogP contribution in [0.1, 0.15) is 50.5 Å². The van der Waals surface area contributed by atoms with Crippen LogP contribution >= 0.6 is 0 Å². The number of aromatic nitrogens is 2. The van der Waals surface area contributed by atoms with Crippen LogP contribution in [0.4, 0.5) is 0 Å². The van der Waals surface area contributed by atoms with Crippen LogP contribution in [-0.4, -0.2) is 32.4 Å². The van der Waals surface area contributed by atoms with E-state index in [9.17, 15) is 4.79 Å². The largest absolute Gasteiger partial charge is 0.331 e. The van der Waals surface area contributed by atoms with E-state index in [0.29, 0.717) is 17.0 Å². The molecule has 0 spiro atoms. The highest BCUT2D eigenvalue weighted by atomic mass is 16.2. The van der Waals surface area contributed by atoms with Crippen LogP contribution in [-0.2, 0) is 7.05 Å². The Kier molecular flexibility index (Phi) is 2.57. The summed E-state index contributed by atoms with van der Waals surface area (Å²) in [6.07, 6.45) is 7.13. The van der Waals surface area contributed by atoms with Gasteiger partial charge in [0.25, 0.3) is 5.91 Å². The number of carbonyl (C=O) groups excluding carboxylic acids is 1. The van der Waals surface area contributed by atoms with Crippen LogP contribution in [0.5, 0.6) is 0 Å². The number of nitrogens with zero attached hydrogens (tertiary/aromatic N) is 3. The Labute approximate surface area is 114 Å². The van der Waals surface area contributed by atoms with Crippen molar-refractivity contribution in [1.82, 2.24) is 14.5 Å². The molecule has 1 aliphatic carbocycles. The number of hydrogen-bond acceptors (Lipinski definition) is 2. The van der Waals surface area contributed by atoms with Crippen molar-refractivity contribution in [2.24, 2.45) is 18.4 Å². The van der Waals surface area contributed by atoms with Crippen molar-refractivity contribution in [2.75, 3.05) is 6.54 Å². The summed E-state index contributed by atoms with van der Waals surface area (Å²) in [6, 6.07) is 0. The number of fused-ring (bicyclic) bond motifs is 2. The summed E-state index contributed by atoms with van der Waals surface area (Å²) in [4.78, 5) is 19.0.